The van der Waals surface area contributed by atoms with Crippen molar-refractivity contribution in [1.82, 2.24) is 0 Å². The fraction of sp³-hybridized carbons (Fsp3) is 0.767. The molecule has 33 heavy (non-hydrogen) atoms. The SMILES string of the molecule is C=C(C)C(O)CCC(C)C1CCC2(C)C3=CCC(C(=C)C)C(C)(CCC(=O)O)C3CCC12C. The quantitative estimate of drug-likeness (QED) is 0.352. The second-order valence-corrected chi connectivity index (χ2v) is 12.6. The van der Waals surface area contributed by atoms with E-state index in [9.17, 15) is 15.0 Å². The number of aliphatic hydroxyl groups is 1. The van der Waals surface area contributed by atoms with E-state index in [1.54, 1.807) is 5.57 Å². The van der Waals surface area contributed by atoms with Crippen molar-refractivity contribution in [3.05, 3.63) is 36.0 Å². The summed E-state index contributed by atoms with van der Waals surface area (Å²) < 4.78 is 0. The molecule has 0 radical (unpaired) electrons. The third kappa shape index (κ3) is 4.40. The highest BCUT2D eigenvalue weighted by atomic mass is 16.4. The van der Waals surface area contributed by atoms with Crippen LogP contribution in [0, 0.1) is 39.9 Å². The van der Waals surface area contributed by atoms with Crippen LogP contribution in [0.5, 0.6) is 0 Å². The Morgan fingerprint density at radius 3 is 2.39 bits per heavy atom. The predicted octanol–water partition coefficient (Wildman–Crippen LogP) is 7.57. The fourth-order valence-electron chi connectivity index (χ4n) is 8.46. The molecule has 0 amide bonds. The number of hydrogen-bond acceptors (Lipinski definition) is 2. The standard InChI is InChI=1S/C30H48O3/c1-19(2)22-10-11-25-24(28(22,6)16-15-27(32)33)14-18-29(7)23(13-17-30(25,29)8)21(5)9-12-26(31)20(3)4/h11,21-24,26,31H,1,3,9-10,12-18H2,2,4-8H3,(H,32,33). The van der Waals surface area contributed by atoms with E-state index >= 15 is 0 Å². The molecule has 2 saturated carbocycles. The van der Waals surface area contributed by atoms with Gasteiger partial charge in [-0.1, -0.05) is 63.6 Å². The monoisotopic (exact) mass is 456 g/mol. The van der Waals surface area contributed by atoms with Gasteiger partial charge in [-0.15, -0.1) is 0 Å². The Balaban J connectivity index is 1.89. The molecule has 0 aromatic rings. The Labute approximate surface area is 202 Å². The van der Waals surface area contributed by atoms with Crippen molar-refractivity contribution >= 4 is 5.97 Å². The van der Waals surface area contributed by atoms with Gasteiger partial charge >= 0.3 is 5.97 Å². The van der Waals surface area contributed by atoms with Crippen molar-refractivity contribution in [3.8, 4) is 0 Å². The number of carbonyl (C=O) groups is 1. The molecule has 3 rings (SSSR count). The predicted molar refractivity (Wildman–Crippen MR) is 137 cm³/mol. The van der Waals surface area contributed by atoms with Crippen molar-refractivity contribution in [2.24, 2.45) is 39.9 Å². The van der Waals surface area contributed by atoms with E-state index < -0.39 is 5.97 Å². The minimum absolute atomic E-state index is 0.0338. The summed E-state index contributed by atoms with van der Waals surface area (Å²) in [7, 11) is 0. The van der Waals surface area contributed by atoms with Gasteiger partial charge in [0.15, 0.2) is 0 Å². The molecule has 8 unspecified atom stereocenters. The normalized spacial score (nSPS) is 39.7. The highest BCUT2D eigenvalue weighted by molar-refractivity contribution is 5.66. The van der Waals surface area contributed by atoms with Crippen molar-refractivity contribution < 1.29 is 15.0 Å². The molecule has 0 heterocycles. The summed E-state index contributed by atoms with van der Waals surface area (Å²) in [6, 6.07) is 0. The summed E-state index contributed by atoms with van der Waals surface area (Å²) in [4.78, 5) is 11.5. The van der Waals surface area contributed by atoms with Crippen LogP contribution in [0.3, 0.4) is 0 Å². The van der Waals surface area contributed by atoms with Gasteiger partial charge < -0.3 is 10.2 Å². The molecule has 186 valence electrons. The van der Waals surface area contributed by atoms with E-state index in [-0.39, 0.29) is 28.8 Å². The first-order valence-electron chi connectivity index (χ1n) is 13.2. The molecule has 3 aliphatic rings. The number of carboxylic acid groups (broad SMARTS) is 1. The molecule has 0 saturated heterocycles. The molecule has 2 N–H and O–H groups in total. The van der Waals surface area contributed by atoms with Crippen LogP contribution in [-0.2, 0) is 4.79 Å². The van der Waals surface area contributed by atoms with E-state index in [4.69, 9.17) is 0 Å². The zero-order valence-corrected chi connectivity index (χ0v) is 22.0. The van der Waals surface area contributed by atoms with Crippen LogP contribution in [0.25, 0.3) is 0 Å². The molecule has 0 aromatic carbocycles. The average molecular weight is 457 g/mol. The van der Waals surface area contributed by atoms with Gasteiger partial charge in [0.1, 0.15) is 0 Å². The lowest BCUT2D eigenvalue weighted by Crippen LogP contribution is -2.52. The number of carboxylic acids is 1. The lowest BCUT2D eigenvalue weighted by Gasteiger charge is -2.60. The second kappa shape index (κ2) is 9.36. The molecule has 3 aliphatic carbocycles. The van der Waals surface area contributed by atoms with Crippen molar-refractivity contribution in [1.29, 1.82) is 0 Å². The Kier molecular flexibility index (Phi) is 7.45. The summed E-state index contributed by atoms with van der Waals surface area (Å²) in [6.07, 6.45) is 10.8. The van der Waals surface area contributed by atoms with Gasteiger partial charge in [0.05, 0.1) is 6.10 Å². The van der Waals surface area contributed by atoms with Gasteiger partial charge in [0, 0.05) is 6.42 Å². The van der Waals surface area contributed by atoms with Crippen LogP contribution in [0.2, 0.25) is 0 Å². The highest BCUT2D eigenvalue weighted by Crippen LogP contribution is 2.72. The van der Waals surface area contributed by atoms with Crippen molar-refractivity contribution in [3.63, 3.8) is 0 Å². The Morgan fingerprint density at radius 2 is 1.82 bits per heavy atom. The molecule has 8 atom stereocenters. The van der Waals surface area contributed by atoms with Crippen LogP contribution in [-0.4, -0.2) is 22.3 Å². The molecule has 0 aromatic heterocycles. The highest BCUT2D eigenvalue weighted by Gasteiger charge is 2.63. The molecular weight excluding hydrogens is 408 g/mol. The van der Waals surface area contributed by atoms with E-state index in [2.05, 4.69) is 53.9 Å². The minimum atomic E-state index is -0.689. The van der Waals surface area contributed by atoms with Gasteiger partial charge in [-0.05, 0) is 105 Å². The molecule has 0 bridgehead atoms. The van der Waals surface area contributed by atoms with Gasteiger partial charge in [0.25, 0.3) is 0 Å². The van der Waals surface area contributed by atoms with E-state index in [1.807, 2.05) is 6.92 Å². The summed E-state index contributed by atoms with van der Waals surface area (Å²) in [5.74, 6) is 1.35. The summed E-state index contributed by atoms with van der Waals surface area (Å²) in [5.41, 5.74) is 4.08. The zero-order chi connectivity index (χ0) is 24.8. The van der Waals surface area contributed by atoms with Crippen LogP contribution >= 0.6 is 0 Å². The Hall–Kier alpha value is -1.35. The molecule has 0 spiro atoms. The van der Waals surface area contributed by atoms with Gasteiger partial charge in [-0.25, -0.2) is 0 Å². The Bertz CT molecular complexity index is 824. The smallest absolute Gasteiger partial charge is 0.303 e. The average Bonchev–Trinajstić information content (AvgIpc) is 3.01. The van der Waals surface area contributed by atoms with E-state index in [0.717, 1.165) is 37.7 Å². The number of hydrogen-bond donors (Lipinski definition) is 2. The van der Waals surface area contributed by atoms with Gasteiger partial charge in [0.2, 0.25) is 0 Å². The molecule has 3 nitrogen and oxygen atoms in total. The minimum Gasteiger partial charge on any atom is -0.481 e. The van der Waals surface area contributed by atoms with Crippen LogP contribution < -0.4 is 0 Å². The largest absolute Gasteiger partial charge is 0.481 e. The fourth-order valence-corrected chi connectivity index (χ4v) is 8.46. The molecule has 0 aliphatic heterocycles. The van der Waals surface area contributed by atoms with Crippen LogP contribution in [0.4, 0.5) is 0 Å². The molecule has 3 heteroatoms. The lowest BCUT2D eigenvalue weighted by molar-refractivity contribution is -0.138. The molecule has 2 fully saturated rings. The zero-order valence-electron chi connectivity index (χ0n) is 22.0. The van der Waals surface area contributed by atoms with Crippen molar-refractivity contribution in [2.45, 2.75) is 105 Å². The van der Waals surface area contributed by atoms with Crippen molar-refractivity contribution in [2.75, 3.05) is 0 Å². The first kappa shape index (κ1) is 26.3. The summed E-state index contributed by atoms with van der Waals surface area (Å²) in [5, 5.41) is 19.8. The van der Waals surface area contributed by atoms with Crippen LogP contribution in [0.1, 0.15) is 99.3 Å². The number of aliphatic hydroxyl groups excluding tert-OH is 1. The van der Waals surface area contributed by atoms with E-state index in [0.29, 0.717) is 23.7 Å². The maximum Gasteiger partial charge on any atom is 0.303 e. The van der Waals surface area contributed by atoms with Gasteiger partial charge in [-0.3, -0.25) is 4.79 Å². The first-order valence-corrected chi connectivity index (χ1v) is 13.2. The third-order valence-corrected chi connectivity index (χ3v) is 10.8. The maximum atomic E-state index is 11.5. The number of aliphatic carboxylic acids is 1. The number of rotatable bonds is 9. The molecular formula is C30H48O3. The van der Waals surface area contributed by atoms with Gasteiger partial charge in [-0.2, -0.15) is 0 Å². The lowest BCUT2D eigenvalue weighted by atomic mass is 9.44. The topological polar surface area (TPSA) is 57.5 Å². The summed E-state index contributed by atoms with van der Waals surface area (Å²) >= 11 is 0. The summed E-state index contributed by atoms with van der Waals surface area (Å²) in [6.45, 7) is 22.1. The second-order valence-electron chi connectivity index (χ2n) is 12.6. The maximum absolute atomic E-state index is 11.5. The Morgan fingerprint density at radius 1 is 1.15 bits per heavy atom. The first-order chi connectivity index (χ1) is 15.3. The third-order valence-electron chi connectivity index (χ3n) is 10.8. The number of fused-ring (bicyclic) bond motifs is 3. The van der Waals surface area contributed by atoms with Crippen LogP contribution in [0.15, 0.2) is 36.0 Å². The number of allylic oxidation sites excluding steroid dienone is 3. The van der Waals surface area contributed by atoms with E-state index in [1.165, 1.54) is 24.8 Å².